The first-order valence-electron chi connectivity index (χ1n) is 5.41. The molecular weight excluding hydrogens is 289 g/mol. The van der Waals surface area contributed by atoms with E-state index in [0.717, 1.165) is 11.3 Å². The van der Waals surface area contributed by atoms with Gasteiger partial charge in [0.15, 0.2) is 0 Å². The maximum atomic E-state index is 13.4. The second-order valence-electron chi connectivity index (χ2n) is 3.90. The molecule has 2 rings (SSSR count). The lowest BCUT2D eigenvalue weighted by atomic mass is 10.2. The van der Waals surface area contributed by atoms with Gasteiger partial charge in [-0.1, -0.05) is 6.07 Å². The van der Waals surface area contributed by atoms with Crippen molar-refractivity contribution < 1.29 is 17.9 Å². The Morgan fingerprint density at radius 1 is 1.32 bits per heavy atom. The summed E-state index contributed by atoms with van der Waals surface area (Å²) in [5.74, 6) is -0.470. The van der Waals surface area contributed by atoms with Crippen molar-refractivity contribution in [3.63, 3.8) is 0 Å². The standard InChI is InChI=1S/C12H12FNO3S2/c1-8-10(13)3-2-4-11(8)14-19(16,17)12-6-5-9(7-15)18-12/h2-6,14-15H,7H2,1H3. The zero-order chi connectivity index (χ0) is 14.0. The van der Waals surface area contributed by atoms with Crippen LogP contribution in [0.4, 0.5) is 10.1 Å². The molecular formula is C12H12FNO3S2. The third kappa shape index (κ3) is 2.94. The Bertz CT molecular complexity index is 695. The minimum atomic E-state index is -3.75. The van der Waals surface area contributed by atoms with Crippen LogP contribution in [0.25, 0.3) is 0 Å². The topological polar surface area (TPSA) is 66.4 Å². The van der Waals surface area contributed by atoms with E-state index in [1.165, 1.54) is 37.3 Å². The highest BCUT2D eigenvalue weighted by Crippen LogP contribution is 2.26. The summed E-state index contributed by atoms with van der Waals surface area (Å²) >= 11 is 0.975. The first-order valence-corrected chi connectivity index (χ1v) is 7.71. The number of sulfonamides is 1. The van der Waals surface area contributed by atoms with Crippen molar-refractivity contribution in [1.29, 1.82) is 0 Å². The monoisotopic (exact) mass is 301 g/mol. The minimum absolute atomic E-state index is 0.0835. The third-order valence-electron chi connectivity index (χ3n) is 2.57. The van der Waals surface area contributed by atoms with Crippen molar-refractivity contribution in [2.45, 2.75) is 17.7 Å². The Morgan fingerprint density at radius 3 is 2.68 bits per heavy atom. The molecule has 102 valence electrons. The lowest BCUT2D eigenvalue weighted by Gasteiger charge is -2.09. The molecule has 0 radical (unpaired) electrons. The number of hydrogen-bond acceptors (Lipinski definition) is 4. The van der Waals surface area contributed by atoms with Gasteiger partial charge in [-0.25, -0.2) is 12.8 Å². The van der Waals surface area contributed by atoms with E-state index in [0.29, 0.717) is 4.88 Å². The van der Waals surface area contributed by atoms with Crippen molar-refractivity contribution >= 4 is 27.0 Å². The number of aliphatic hydroxyl groups is 1. The zero-order valence-corrected chi connectivity index (χ0v) is 11.7. The largest absolute Gasteiger partial charge is 0.391 e. The summed E-state index contributed by atoms with van der Waals surface area (Å²) in [7, 11) is -3.75. The van der Waals surface area contributed by atoms with Crippen LogP contribution in [0.15, 0.2) is 34.5 Å². The molecule has 0 fully saturated rings. The number of thiophene rings is 1. The number of anilines is 1. The number of benzene rings is 1. The van der Waals surface area contributed by atoms with Crippen LogP contribution in [0.3, 0.4) is 0 Å². The fraction of sp³-hybridized carbons (Fsp3) is 0.167. The van der Waals surface area contributed by atoms with Crippen molar-refractivity contribution in [3.05, 3.63) is 46.6 Å². The van der Waals surface area contributed by atoms with E-state index in [4.69, 9.17) is 5.11 Å². The maximum absolute atomic E-state index is 13.4. The molecule has 4 nitrogen and oxygen atoms in total. The SMILES string of the molecule is Cc1c(F)cccc1NS(=O)(=O)c1ccc(CO)s1. The molecule has 2 N–H and O–H groups in total. The van der Waals surface area contributed by atoms with Crippen LogP contribution < -0.4 is 4.72 Å². The summed E-state index contributed by atoms with van der Waals surface area (Å²) < 4.78 is 40.0. The van der Waals surface area contributed by atoms with Gasteiger partial charge in [-0.3, -0.25) is 4.72 Å². The van der Waals surface area contributed by atoms with Crippen LogP contribution in [0, 0.1) is 12.7 Å². The lowest BCUT2D eigenvalue weighted by molar-refractivity contribution is 0.285. The highest BCUT2D eigenvalue weighted by molar-refractivity contribution is 7.94. The average Bonchev–Trinajstić information content (AvgIpc) is 2.84. The Kier molecular flexibility index (Phi) is 3.88. The highest BCUT2D eigenvalue weighted by Gasteiger charge is 2.18. The Hall–Kier alpha value is -1.44. The van der Waals surface area contributed by atoms with Gasteiger partial charge in [0.25, 0.3) is 10.0 Å². The smallest absolute Gasteiger partial charge is 0.271 e. The van der Waals surface area contributed by atoms with Gasteiger partial charge in [-0.15, -0.1) is 11.3 Å². The summed E-state index contributed by atoms with van der Waals surface area (Å²) in [6.07, 6.45) is 0. The summed E-state index contributed by atoms with van der Waals surface area (Å²) in [6, 6.07) is 7.15. The molecule has 1 aromatic carbocycles. The molecule has 0 aliphatic heterocycles. The normalized spacial score (nSPS) is 11.5. The lowest BCUT2D eigenvalue weighted by Crippen LogP contribution is -2.12. The van der Waals surface area contributed by atoms with Gasteiger partial charge in [-0.2, -0.15) is 0 Å². The molecule has 7 heteroatoms. The van der Waals surface area contributed by atoms with Crippen molar-refractivity contribution in [2.75, 3.05) is 4.72 Å². The van der Waals surface area contributed by atoms with Gasteiger partial charge >= 0.3 is 0 Å². The average molecular weight is 301 g/mol. The van der Waals surface area contributed by atoms with Gasteiger partial charge in [0, 0.05) is 10.4 Å². The van der Waals surface area contributed by atoms with Crippen LogP contribution in [0.2, 0.25) is 0 Å². The van der Waals surface area contributed by atoms with E-state index in [1.807, 2.05) is 0 Å². The van der Waals surface area contributed by atoms with Gasteiger partial charge in [0.1, 0.15) is 10.0 Å². The van der Waals surface area contributed by atoms with Crippen LogP contribution in [-0.4, -0.2) is 13.5 Å². The maximum Gasteiger partial charge on any atom is 0.271 e. The van der Waals surface area contributed by atoms with Crippen LogP contribution in [0.1, 0.15) is 10.4 Å². The molecule has 0 saturated heterocycles. The second-order valence-corrected chi connectivity index (χ2v) is 6.97. The van der Waals surface area contributed by atoms with E-state index in [9.17, 15) is 12.8 Å². The molecule has 0 unspecified atom stereocenters. The predicted octanol–water partition coefficient (Wildman–Crippen LogP) is 2.49. The number of rotatable bonds is 4. The summed E-state index contributed by atoms with van der Waals surface area (Å²) in [6.45, 7) is 1.29. The molecule has 0 saturated carbocycles. The van der Waals surface area contributed by atoms with E-state index < -0.39 is 15.8 Å². The Balaban J connectivity index is 2.33. The molecule has 2 aromatic rings. The van der Waals surface area contributed by atoms with Crippen LogP contribution in [0.5, 0.6) is 0 Å². The Labute approximate surface area is 114 Å². The summed E-state index contributed by atoms with van der Waals surface area (Å²) in [5.41, 5.74) is 0.448. The van der Waals surface area contributed by atoms with Crippen molar-refractivity contribution in [1.82, 2.24) is 0 Å². The second kappa shape index (κ2) is 5.28. The zero-order valence-electron chi connectivity index (χ0n) is 10.1. The highest BCUT2D eigenvalue weighted by atomic mass is 32.2. The van der Waals surface area contributed by atoms with E-state index in [-0.39, 0.29) is 22.1 Å². The summed E-state index contributed by atoms with van der Waals surface area (Å²) in [4.78, 5) is 0.552. The number of nitrogens with one attached hydrogen (secondary N) is 1. The molecule has 0 bridgehead atoms. The number of hydrogen-bond donors (Lipinski definition) is 2. The van der Waals surface area contributed by atoms with Gasteiger partial charge < -0.3 is 5.11 Å². The number of aliphatic hydroxyl groups excluding tert-OH is 1. The predicted molar refractivity (Wildman–Crippen MR) is 72.2 cm³/mol. The first-order chi connectivity index (χ1) is 8.94. The molecule has 0 atom stereocenters. The first kappa shape index (κ1) is 14.0. The molecule has 0 aliphatic rings. The van der Waals surface area contributed by atoms with Crippen LogP contribution >= 0.6 is 11.3 Å². The molecule has 19 heavy (non-hydrogen) atoms. The molecule has 0 amide bonds. The van der Waals surface area contributed by atoms with Crippen molar-refractivity contribution in [2.24, 2.45) is 0 Å². The fourth-order valence-electron chi connectivity index (χ4n) is 1.50. The molecule has 1 heterocycles. The summed E-state index contributed by atoms with van der Waals surface area (Å²) in [5, 5.41) is 8.93. The van der Waals surface area contributed by atoms with E-state index in [2.05, 4.69) is 4.72 Å². The molecule has 0 aliphatic carbocycles. The quantitative estimate of drug-likeness (QED) is 0.912. The van der Waals surface area contributed by atoms with E-state index in [1.54, 1.807) is 0 Å². The molecule has 1 aromatic heterocycles. The van der Waals surface area contributed by atoms with E-state index >= 15 is 0 Å². The Morgan fingerprint density at radius 2 is 2.05 bits per heavy atom. The van der Waals surface area contributed by atoms with Gasteiger partial charge in [-0.05, 0) is 31.2 Å². The van der Waals surface area contributed by atoms with Crippen LogP contribution in [-0.2, 0) is 16.6 Å². The van der Waals surface area contributed by atoms with Crippen molar-refractivity contribution in [3.8, 4) is 0 Å². The third-order valence-corrected chi connectivity index (χ3v) is 5.50. The van der Waals surface area contributed by atoms with Gasteiger partial charge in [0.05, 0.1) is 12.3 Å². The molecule has 0 spiro atoms. The minimum Gasteiger partial charge on any atom is -0.391 e. The van der Waals surface area contributed by atoms with Gasteiger partial charge in [0.2, 0.25) is 0 Å². The fourth-order valence-corrected chi connectivity index (χ4v) is 3.84. The number of halogens is 1.